The van der Waals surface area contributed by atoms with Crippen molar-refractivity contribution < 1.29 is 5.11 Å². The molecule has 4 nitrogen and oxygen atoms in total. The zero-order chi connectivity index (χ0) is 15.1. The summed E-state index contributed by atoms with van der Waals surface area (Å²) in [6.45, 7) is 2.39. The first-order valence-corrected chi connectivity index (χ1v) is 8.15. The molecule has 1 fully saturated rings. The number of allylic oxidation sites excluding steroid dienone is 2. The second kappa shape index (κ2) is 8.01. The van der Waals surface area contributed by atoms with Crippen LogP contribution in [0.15, 0.2) is 28.8 Å². The highest BCUT2D eigenvalue weighted by molar-refractivity contribution is 5.99. The van der Waals surface area contributed by atoms with Crippen LogP contribution >= 0.6 is 0 Å². The minimum atomic E-state index is 0.224. The molecule has 2 rings (SSSR count). The fraction of sp³-hybridized carbons (Fsp3) is 0.647. The Balaban J connectivity index is 1.69. The van der Waals surface area contributed by atoms with Crippen molar-refractivity contribution in [2.75, 3.05) is 0 Å². The number of hydrogen-bond donors (Lipinski definition) is 3. The highest BCUT2D eigenvalue weighted by Crippen LogP contribution is 2.34. The molecule has 0 spiro atoms. The van der Waals surface area contributed by atoms with E-state index in [9.17, 15) is 5.11 Å². The van der Waals surface area contributed by atoms with Gasteiger partial charge in [-0.1, -0.05) is 45.4 Å². The number of unbranched alkanes of at least 4 members (excludes halogenated alkanes) is 2. The van der Waals surface area contributed by atoms with Crippen LogP contribution in [0.25, 0.3) is 0 Å². The van der Waals surface area contributed by atoms with Crippen molar-refractivity contribution in [3.63, 3.8) is 0 Å². The molecule has 0 radical (unpaired) electrons. The van der Waals surface area contributed by atoms with Crippen molar-refractivity contribution in [1.82, 2.24) is 5.32 Å². The Hall–Kier alpha value is -1.58. The van der Waals surface area contributed by atoms with Gasteiger partial charge in [-0.25, -0.2) is 4.99 Å². The normalized spacial score (nSPS) is 27.2. The van der Waals surface area contributed by atoms with Gasteiger partial charge in [-0.05, 0) is 30.8 Å². The zero-order valence-corrected chi connectivity index (χ0v) is 12.9. The first-order valence-electron chi connectivity index (χ1n) is 8.15. The fourth-order valence-electron chi connectivity index (χ4n) is 3.34. The van der Waals surface area contributed by atoms with Crippen molar-refractivity contribution in [2.24, 2.45) is 16.8 Å². The van der Waals surface area contributed by atoms with E-state index >= 15 is 0 Å². The Bertz CT molecular complexity index is 451. The van der Waals surface area contributed by atoms with Crippen molar-refractivity contribution in [3.8, 4) is 0 Å². The van der Waals surface area contributed by atoms with Crippen LogP contribution in [0.4, 0.5) is 0 Å². The third-order valence-electron chi connectivity index (χ3n) is 4.68. The topological polar surface area (TPSA) is 68.5 Å². The lowest BCUT2D eigenvalue weighted by molar-refractivity contribution is 0.375. The van der Waals surface area contributed by atoms with Gasteiger partial charge in [0.1, 0.15) is 5.82 Å². The minimum absolute atomic E-state index is 0.224. The van der Waals surface area contributed by atoms with E-state index in [4.69, 9.17) is 5.41 Å². The third-order valence-corrected chi connectivity index (χ3v) is 4.68. The molecule has 0 amide bonds. The van der Waals surface area contributed by atoms with Gasteiger partial charge in [0.2, 0.25) is 0 Å². The number of rotatable bonds is 7. The summed E-state index contributed by atoms with van der Waals surface area (Å²) in [5.74, 6) is 2.70. The van der Waals surface area contributed by atoms with E-state index in [2.05, 4.69) is 17.2 Å². The molecule has 0 aromatic heterocycles. The molecule has 2 atom stereocenters. The summed E-state index contributed by atoms with van der Waals surface area (Å²) in [4.78, 5) is 4.34. The van der Waals surface area contributed by atoms with Crippen LogP contribution in [0, 0.1) is 17.2 Å². The van der Waals surface area contributed by atoms with Crippen molar-refractivity contribution in [2.45, 2.75) is 58.3 Å². The summed E-state index contributed by atoms with van der Waals surface area (Å²) in [6, 6.07) is 0. The first kappa shape index (κ1) is 15.8. The number of aliphatic imine (C=N–C) groups is 1. The number of aliphatic hydroxyl groups is 1. The molecule has 116 valence electrons. The molecule has 1 unspecified atom stereocenters. The summed E-state index contributed by atoms with van der Waals surface area (Å²) < 4.78 is 0. The predicted molar refractivity (Wildman–Crippen MR) is 87.7 cm³/mol. The lowest BCUT2D eigenvalue weighted by atomic mass is 9.92. The van der Waals surface area contributed by atoms with Gasteiger partial charge in [-0.2, -0.15) is 0 Å². The molecule has 1 aliphatic carbocycles. The molecule has 1 heterocycles. The van der Waals surface area contributed by atoms with Gasteiger partial charge in [0.25, 0.3) is 0 Å². The number of hydrogen-bond acceptors (Lipinski definition) is 4. The lowest BCUT2D eigenvalue weighted by Crippen LogP contribution is -2.17. The molecular formula is C17H27N3O. The van der Waals surface area contributed by atoms with Gasteiger partial charge >= 0.3 is 0 Å². The summed E-state index contributed by atoms with van der Waals surface area (Å²) in [6.07, 6.45) is 14.3. The first-order chi connectivity index (χ1) is 10.2. The number of nitrogens with zero attached hydrogens (tertiary/aromatic N) is 1. The van der Waals surface area contributed by atoms with Crippen LogP contribution in [0.2, 0.25) is 0 Å². The average Bonchev–Trinajstić information content (AvgIpc) is 2.87. The maximum absolute atomic E-state index is 9.80. The van der Waals surface area contributed by atoms with Crippen LogP contribution in [0.5, 0.6) is 0 Å². The van der Waals surface area contributed by atoms with Gasteiger partial charge < -0.3 is 15.8 Å². The molecule has 0 aromatic carbocycles. The molecule has 2 aliphatic rings. The Morgan fingerprint density at radius 3 is 2.95 bits per heavy atom. The second-order valence-corrected chi connectivity index (χ2v) is 6.22. The monoisotopic (exact) mass is 289 g/mol. The molecule has 4 heteroatoms. The molecule has 1 saturated carbocycles. The van der Waals surface area contributed by atoms with Crippen LogP contribution in [0.3, 0.4) is 0 Å². The summed E-state index contributed by atoms with van der Waals surface area (Å²) in [7, 11) is 0. The van der Waals surface area contributed by atoms with Gasteiger partial charge in [0, 0.05) is 12.4 Å². The van der Waals surface area contributed by atoms with Crippen molar-refractivity contribution in [3.05, 3.63) is 23.9 Å². The zero-order valence-electron chi connectivity index (χ0n) is 12.9. The lowest BCUT2D eigenvalue weighted by Gasteiger charge is -2.15. The van der Waals surface area contributed by atoms with Gasteiger partial charge in [0.05, 0.1) is 5.71 Å². The van der Waals surface area contributed by atoms with E-state index in [1.54, 1.807) is 12.3 Å². The third kappa shape index (κ3) is 4.73. The Morgan fingerprint density at radius 2 is 2.24 bits per heavy atom. The standard InChI is InChI=1S/C17H27N3O/c1-13-6-5-8-14(13)7-3-2-4-9-15-16(21)12-19-17(20-15)10-11-18/h10-14,18-19,21H,2-9H2,1H3/b17-10+,18-11?/t13?,14-/m1/s1. The summed E-state index contributed by atoms with van der Waals surface area (Å²) in [5, 5.41) is 19.7. The van der Waals surface area contributed by atoms with E-state index < -0.39 is 0 Å². The van der Waals surface area contributed by atoms with Crippen LogP contribution < -0.4 is 5.32 Å². The molecule has 21 heavy (non-hydrogen) atoms. The Labute approximate surface area is 127 Å². The van der Waals surface area contributed by atoms with E-state index in [1.165, 1.54) is 44.7 Å². The predicted octanol–water partition coefficient (Wildman–Crippen LogP) is 4.31. The van der Waals surface area contributed by atoms with E-state index in [1.807, 2.05) is 0 Å². The SMILES string of the molecule is CC1CCC[C@H]1CCCCCC1=N/C(=C/C=N)NC=C1O. The van der Waals surface area contributed by atoms with Gasteiger partial charge in [0.15, 0.2) is 5.76 Å². The smallest absolute Gasteiger partial charge is 0.153 e. The molecule has 1 aliphatic heterocycles. The maximum Gasteiger partial charge on any atom is 0.153 e. The maximum atomic E-state index is 9.80. The van der Waals surface area contributed by atoms with Gasteiger partial charge in [-0.3, -0.25) is 0 Å². The quantitative estimate of drug-likeness (QED) is 0.483. The second-order valence-electron chi connectivity index (χ2n) is 6.22. The Morgan fingerprint density at radius 1 is 1.38 bits per heavy atom. The van der Waals surface area contributed by atoms with E-state index in [0.717, 1.165) is 30.4 Å². The fourth-order valence-corrected chi connectivity index (χ4v) is 3.34. The molecule has 0 aromatic rings. The summed E-state index contributed by atoms with van der Waals surface area (Å²) in [5.41, 5.74) is 0.732. The average molecular weight is 289 g/mol. The molecule has 3 N–H and O–H groups in total. The van der Waals surface area contributed by atoms with Crippen LogP contribution in [-0.2, 0) is 0 Å². The minimum Gasteiger partial charge on any atom is -0.505 e. The number of nitrogens with one attached hydrogen (secondary N) is 2. The molecule has 0 saturated heterocycles. The summed E-state index contributed by atoms with van der Waals surface area (Å²) >= 11 is 0. The van der Waals surface area contributed by atoms with Crippen LogP contribution in [0.1, 0.15) is 58.3 Å². The van der Waals surface area contributed by atoms with E-state index in [-0.39, 0.29) is 5.76 Å². The van der Waals surface area contributed by atoms with Crippen LogP contribution in [-0.4, -0.2) is 17.0 Å². The Kier molecular flexibility index (Phi) is 6.03. The highest BCUT2D eigenvalue weighted by atomic mass is 16.3. The highest BCUT2D eigenvalue weighted by Gasteiger charge is 2.22. The van der Waals surface area contributed by atoms with Gasteiger partial charge in [-0.15, -0.1) is 0 Å². The van der Waals surface area contributed by atoms with Crippen molar-refractivity contribution >= 4 is 11.9 Å². The van der Waals surface area contributed by atoms with Crippen molar-refractivity contribution in [1.29, 1.82) is 5.41 Å². The van der Waals surface area contributed by atoms with E-state index in [0.29, 0.717) is 5.82 Å². The molecule has 0 bridgehead atoms. The largest absolute Gasteiger partial charge is 0.505 e. The number of aliphatic hydroxyl groups excluding tert-OH is 1. The molecular weight excluding hydrogens is 262 g/mol.